The lowest BCUT2D eigenvalue weighted by molar-refractivity contribution is 0.415. The van der Waals surface area contributed by atoms with Crippen LogP contribution in [0.15, 0.2) is 76.5 Å². The quantitative estimate of drug-likeness (QED) is 0.365. The molecule has 0 aliphatic carbocycles. The van der Waals surface area contributed by atoms with Crippen LogP contribution in [-0.2, 0) is 0 Å². The van der Waals surface area contributed by atoms with Crippen molar-refractivity contribution in [1.82, 2.24) is 4.98 Å². The standard InChI is InChI=1S/C23H18FN3OS2/c1-28-18-10-6-15(7-11-18)20-14-30-23(25-20)27-21(16-4-8-17(24)9-5-16)13-19(26-27)22-3-2-12-29-22/h2-12,14,21H,13H2,1H3/t21-/m0/s1. The summed E-state index contributed by atoms with van der Waals surface area (Å²) in [5, 5.41) is 11.8. The van der Waals surface area contributed by atoms with Crippen molar-refractivity contribution in [3.05, 3.63) is 87.7 Å². The van der Waals surface area contributed by atoms with Crippen LogP contribution in [0.3, 0.4) is 0 Å². The Morgan fingerprint density at radius 3 is 2.53 bits per heavy atom. The summed E-state index contributed by atoms with van der Waals surface area (Å²) in [6.07, 6.45) is 0.754. The Labute approximate surface area is 181 Å². The molecule has 0 amide bonds. The molecule has 1 aliphatic heterocycles. The average Bonchev–Trinajstić information content (AvgIpc) is 3.54. The molecule has 0 saturated carbocycles. The molecule has 7 heteroatoms. The van der Waals surface area contributed by atoms with Crippen molar-refractivity contribution in [3.8, 4) is 17.0 Å². The van der Waals surface area contributed by atoms with Gasteiger partial charge in [0.05, 0.1) is 29.4 Å². The van der Waals surface area contributed by atoms with Gasteiger partial charge in [0.2, 0.25) is 5.13 Å². The second-order valence-electron chi connectivity index (χ2n) is 6.88. The van der Waals surface area contributed by atoms with Gasteiger partial charge in [0.1, 0.15) is 11.6 Å². The van der Waals surface area contributed by atoms with Gasteiger partial charge in [-0.3, -0.25) is 0 Å². The van der Waals surface area contributed by atoms with E-state index in [1.165, 1.54) is 12.1 Å². The monoisotopic (exact) mass is 435 g/mol. The number of rotatable bonds is 5. The number of ether oxygens (including phenoxy) is 1. The van der Waals surface area contributed by atoms with E-state index in [1.807, 2.05) is 52.9 Å². The number of benzene rings is 2. The van der Waals surface area contributed by atoms with Gasteiger partial charge >= 0.3 is 0 Å². The van der Waals surface area contributed by atoms with E-state index in [2.05, 4.69) is 11.4 Å². The Morgan fingerprint density at radius 1 is 1.03 bits per heavy atom. The van der Waals surface area contributed by atoms with Crippen LogP contribution in [0.1, 0.15) is 22.9 Å². The molecule has 30 heavy (non-hydrogen) atoms. The highest BCUT2D eigenvalue weighted by molar-refractivity contribution is 7.14. The summed E-state index contributed by atoms with van der Waals surface area (Å²) in [5.41, 5.74) is 3.97. The first kappa shape index (κ1) is 19.0. The minimum atomic E-state index is -0.237. The summed E-state index contributed by atoms with van der Waals surface area (Å²) in [4.78, 5) is 6.00. The highest BCUT2D eigenvalue weighted by Crippen LogP contribution is 2.40. The fraction of sp³-hybridized carbons (Fsp3) is 0.130. The largest absolute Gasteiger partial charge is 0.497 e. The predicted octanol–water partition coefficient (Wildman–Crippen LogP) is 6.38. The topological polar surface area (TPSA) is 37.7 Å². The third-order valence-electron chi connectivity index (χ3n) is 5.04. The molecular formula is C23H18FN3OS2. The Morgan fingerprint density at radius 2 is 1.83 bits per heavy atom. The molecule has 150 valence electrons. The molecule has 3 heterocycles. The summed E-state index contributed by atoms with van der Waals surface area (Å²) < 4.78 is 18.7. The summed E-state index contributed by atoms with van der Waals surface area (Å²) >= 11 is 3.23. The number of thiophene rings is 1. The molecule has 2 aromatic carbocycles. The van der Waals surface area contributed by atoms with Gasteiger partial charge in [-0.2, -0.15) is 5.10 Å². The number of hydrogen-bond acceptors (Lipinski definition) is 6. The number of halogens is 1. The van der Waals surface area contributed by atoms with E-state index in [-0.39, 0.29) is 11.9 Å². The number of thiazole rings is 1. The van der Waals surface area contributed by atoms with E-state index in [1.54, 1.807) is 29.8 Å². The summed E-state index contributed by atoms with van der Waals surface area (Å²) in [6.45, 7) is 0. The van der Waals surface area contributed by atoms with Gasteiger partial charge in [-0.05, 0) is 53.4 Å². The zero-order chi connectivity index (χ0) is 20.5. The molecule has 0 spiro atoms. The number of methoxy groups -OCH3 is 1. The first-order chi connectivity index (χ1) is 14.7. The van der Waals surface area contributed by atoms with Crippen LogP contribution in [0.2, 0.25) is 0 Å². The average molecular weight is 436 g/mol. The van der Waals surface area contributed by atoms with Crippen molar-refractivity contribution < 1.29 is 9.13 Å². The SMILES string of the molecule is COc1ccc(-c2csc(N3N=C(c4cccs4)C[C@H]3c3ccc(F)cc3)n2)cc1. The van der Waals surface area contributed by atoms with E-state index in [0.29, 0.717) is 0 Å². The van der Waals surface area contributed by atoms with E-state index >= 15 is 0 Å². The number of aromatic nitrogens is 1. The van der Waals surface area contributed by atoms with E-state index in [0.717, 1.165) is 44.7 Å². The van der Waals surface area contributed by atoms with Crippen molar-refractivity contribution in [1.29, 1.82) is 0 Å². The number of nitrogens with zero attached hydrogens (tertiary/aromatic N) is 3. The van der Waals surface area contributed by atoms with Gasteiger partial charge in [-0.15, -0.1) is 22.7 Å². The predicted molar refractivity (Wildman–Crippen MR) is 121 cm³/mol. The Bertz CT molecular complexity index is 1170. The van der Waals surface area contributed by atoms with Crippen molar-refractivity contribution in [2.24, 2.45) is 5.10 Å². The fourth-order valence-electron chi connectivity index (χ4n) is 3.49. The second kappa shape index (κ2) is 8.01. The summed E-state index contributed by atoms with van der Waals surface area (Å²) in [5.74, 6) is 0.578. The van der Waals surface area contributed by atoms with Gasteiger partial charge in [0, 0.05) is 17.4 Å². The molecule has 2 aromatic heterocycles. The number of anilines is 1. The lowest BCUT2D eigenvalue weighted by Gasteiger charge is -2.21. The minimum absolute atomic E-state index is 0.0161. The van der Waals surface area contributed by atoms with Gasteiger partial charge < -0.3 is 4.74 Å². The molecule has 0 unspecified atom stereocenters. The molecule has 1 atom stereocenters. The van der Waals surface area contributed by atoms with Gasteiger partial charge in [0.25, 0.3) is 0 Å². The highest BCUT2D eigenvalue weighted by Gasteiger charge is 2.32. The van der Waals surface area contributed by atoms with E-state index in [9.17, 15) is 4.39 Å². The molecule has 4 nitrogen and oxygen atoms in total. The second-order valence-corrected chi connectivity index (χ2v) is 8.67. The molecule has 0 saturated heterocycles. The van der Waals surface area contributed by atoms with Crippen LogP contribution in [-0.4, -0.2) is 17.8 Å². The van der Waals surface area contributed by atoms with Crippen molar-refractivity contribution in [2.75, 3.05) is 12.1 Å². The number of hydrogen-bond donors (Lipinski definition) is 0. The van der Waals surface area contributed by atoms with Crippen molar-refractivity contribution >= 4 is 33.5 Å². The maximum absolute atomic E-state index is 13.5. The van der Waals surface area contributed by atoms with Crippen LogP contribution in [0.4, 0.5) is 9.52 Å². The van der Waals surface area contributed by atoms with E-state index < -0.39 is 0 Å². The Balaban J connectivity index is 1.50. The smallest absolute Gasteiger partial charge is 0.207 e. The van der Waals surface area contributed by atoms with Crippen molar-refractivity contribution in [2.45, 2.75) is 12.5 Å². The zero-order valence-corrected chi connectivity index (χ0v) is 17.8. The molecule has 0 fully saturated rings. The zero-order valence-electron chi connectivity index (χ0n) is 16.2. The third-order valence-corrected chi connectivity index (χ3v) is 6.79. The molecule has 1 aliphatic rings. The van der Waals surface area contributed by atoms with Crippen molar-refractivity contribution in [3.63, 3.8) is 0 Å². The van der Waals surface area contributed by atoms with Crippen LogP contribution in [0, 0.1) is 5.82 Å². The van der Waals surface area contributed by atoms with Crippen LogP contribution in [0.25, 0.3) is 11.3 Å². The normalized spacial score (nSPS) is 16.0. The van der Waals surface area contributed by atoms with E-state index in [4.69, 9.17) is 14.8 Å². The number of hydrazone groups is 1. The maximum atomic E-state index is 13.5. The maximum Gasteiger partial charge on any atom is 0.207 e. The molecule has 0 bridgehead atoms. The fourth-order valence-corrected chi connectivity index (χ4v) is 5.04. The van der Waals surface area contributed by atoms with Crippen LogP contribution < -0.4 is 9.75 Å². The van der Waals surface area contributed by atoms with Crippen LogP contribution >= 0.6 is 22.7 Å². The molecule has 0 radical (unpaired) electrons. The Hall–Kier alpha value is -3.03. The molecule has 0 N–H and O–H groups in total. The first-order valence-electron chi connectivity index (χ1n) is 9.47. The molecule has 4 aromatic rings. The van der Waals surface area contributed by atoms with Gasteiger partial charge in [-0.1, -0.05) is 18.2 Å². The first-order valence-corrected chi connectivity index (χ1v) is 11.2. The molecular weight excluding hydrogens is 417 g/mol. The summed E-state index contributed by atoms with van der Waals surface area (Å²) in [6, 6.07) is 18.6. The summed E-state index contributed by atoms with van der Waals surface area (Å²) in [7, 11) is 1.65. The molecule has 5 rings (SSSR count). The highest BCUT2D eigenvalue weighted by atomic mass is 32.1. The van der Waals surface area contributed by atoms with Gasteiger partial charge in [-0.25, -0.2) is 14.4 Å². The minimum Gasteiger partial charge on any atom is -0.497 e. The van der Waals surface area contributed by atoms with Gasteiger partial charge in [0.15, 0.2) is 0 Å². The lowest BCUT2D eigenvalue weighted by Crippen LogP contribution is -2.18. The third kappa shape index (κ3) is 3.62. The Kier molecular flexibility index (Phi) is 5.06. The van der Waals surface area contributed by atoms with Crippen LogP contribution in [0.5, 0.6) is 5.75 Å². The lowest BCUT2D eigenvalue weighted by atomic mass is 10.0.